The highest BCUT2D eigenvalue weighted by Gasteiger charge is 2.40. The van der Waals surface area contributed by atoms with Crippen LogP contribution in [0.4, 0.5) is 0 Å². The molecule has 19 heavy (non-hydrogen) atoms. The number of hydrogen-bond donors (Lipinski definition) is 1. The first-order chi connectivity index (χ1) is 8.82. The van der Waals surface area contributed by atoms with Crippen molar-refractivity contribution < 1.29 is 4.79 Å². The molecule has 0 aliphatic carbocycles. The number of hydrogen-bond acceptors (Lipinski definition) is 3. The molecule has 0 saturated heterocycles. The summed E-state index contributed by atoms with van der Waals surface area (Å²) in [5, 5.41) is 0.528. The molecule has 1 amide bonds. The molecule has 0 bridgehead atoms. The van der Waals surface area contributed by atoms with Crippen molar-refractivity contribution in [1.29, 1.82) is 0 Å². The molecule has 5 nitrogen and oxygen atoms in total. The van der Waals surface area contributed by atoms with Crippen LogP contribution in [0.2, 0.25) is 0 Å². The van der Waals surface area contributed by atoms with Crippen LogP contribution in [0.1, 0.15) is 35.6 Å². The smallest absolute Gasteiger partial charge is 0.258 e. The van der Waals surface area contributed by atoms with Gasteiger partial charge in [-0.05, 0) is 38.5 Å². The van der Waals surface area contributed by atoms with Gasteiger partial charge < -0.3 is 9.88 Å². The predicted molar refractivity (Wildman–Crippen MR) is 72.2 cm³/mol. The normalized spacial score (nSPS) is 17.1. The monoisotopic (exact) mass is 257 g/mol. The maximum atomic E-state index is 12.2. The zero-order valence-corrected chi connectivity index (χ0v) is 11.4. The van der Waals surface area contributed by atoms with Crippen LogP contribution in [0.5, 0.6) is 0 Å². The highest BCUT2D eigenvalue weighted by atomic mass is 16.2. The summed E-state index contributed by atoms with van der Waals surface area (Å²) in [4.78, 5) is 32.9. The highest BCUT2D eigenvalue weighted by molar-refractivity contribution is 6.03. The van der Waals surface area contributed by atoms with Crippen LogP contribution in [-0.2, 0) is 5.54 Å². The number of amides is 1. The van der Waals surface area contributed by atoms with Gasteiger partial charge in [0.2, 0.25) is 0 Å². The number of fused-ring (bicyclic) bond motifs is 2. The Hall–Kier alpha value is -2.17. The Kier molecular flexibility index (Phi) is 2.15. The van der Waals surface area contributed by atoms with Gasteiger partial charge in [-0.2, -0.15) is 0 Å². The third-order valence-corrected chi connectivity index (χ3v) is 4.00. The zero-order chi connectivity index (χ0) is 13.9. The number of rotatable bonds is 0. The largest absolute Gasteiger partial charge is 0.332 e. The maximum Gasteiger partial charge on any atom is 0.258 e. The highest BCUT2D eigenvalue weighted by Crippen LogP contribution is 2.38. The Bertz CT molecular complexity index is 774. The van der Waals surface area contributed by atoms with Crippen molar-refractivity contribution in [2.24, 2.45) is 0 Å². The molecule has 1 N–H and O–H groups in total. The van der Waals surface area contributed by atoms with E-state index in [0.29, 0.717) is 22.3 Å². The Balaban J connectivity index is 2.44. The van der Waals surface area contributed by atoms with Crippen LogP contribution in [0.25, 0.3) is 10.9 Å². The molecule has 0 radical (unpaired) electrons. The van der Waals surface area contributed by atoms with E-state index in [1.807, 2.05) is 13.8 Å². The lowest BCUT2D eigenvalue weighted by Gasteiger charge is -2.28. The molecular formula is C14H15N3O2. The Morgan fingerprint density at radius 3 is 2.63 bits per heavy atom. The second-order valence-electron chi connectivity index (χ2n) is 5.49. The van der Waals surface area contributed by atoms with Gasteiger partial charge in [0, 0.05) is 12.6 Å². The van der Waals surface area contributed by atoms with Gasteiger partial charge in [0.25, 0.3) is 11.5 Å². The fourth-order valence-corrected chi connectivity index (χ4v) is 2.60. The van der Waals surface area contributed by atoms with Gasteiger partial charge in [-0.15, -0.1) is 0 Å². The van der Waals surface area contributed by atoms with Gasteiger partial charge in [0.1, 0.15) is 5.82 Å². The van der Waals surface area contributed by atoms with Gasteiger partial charge in [0.05, 0.1) is 16.4 Å². The minimum Gasteiger partial charge on any atom is -0.332 e. The lowest BCUT2D eigenvalue weighted by Crippen LogP contribution is -2.35. The van der Waals surface area contributed by atoms with E-state index in [0.717, 1.165) is 5.56 Å². The topological polar surface area (TPSA) is 66.1 Å². The number of carbonyl (C=O) groups is 1. The number of benzene rings is 1. The van der Waals surface area contributed by atoms with E-state index in [9.17, 15) is 9.59 Å². The van der Waals surface area contributed by atoms with Crippen molar-refractivity contribution in [3.05, 3.63) is 39.4 Å². The summed E-state index contributed by atoms with van der Waals surface area (Å²) in [7, 11) is 1.77. The average molecular weight is 257 g/mol. The van der Waals surface area contributed by atoms with Gasteiger partial charge >= 0.3 is 0 Å². The van der Waals surface area contributed by atoms with Gasteiger partial charge in [-0.3, -0.25) is 9.59 Å². The number of nitrogens with one attached hydrogen (secondary N) is 1. The van der Waals surface area contributed by atoms with Crippen molar-refractivity contribution in [2.45, 2.75) is 26.3 Å². The number of carbonyl (C=O) groups excluding carboxylic acids is 1. The summed E-state index contributed by atoms with van der Waals surface area (Å²) in [6.45, 7) is 5.67. The zero-order valence-electron chi connectivity index (χ0n) is 11.4. The predicted octanol–water partition coefficient (Wildman–Crippen LogP) is 1.55. The molecule has 1 aromatic heterocycles. The summed E-state index contributed by atoms with van der Waals surface area (Å²) >= 11 is 0. The standard InChI is InChI=1S/C14H15N3O2/c1-7-15-11-6-8-10(5-9(11)12(18)16-7)14(2,3)17(4)13(8)19/h5-6H,1-4H3,(H,15,16,18). The number of nitrogens with zero attached hydrogens (tertiary/aromatic N) is 2. The molecule has 98 valence electrons. The number of aryl methyl sites for hydroxylation is 1. The van der Waals surface area contributed by atoms with Gasteiger partial charge in [-0.1, -0.05) is 0 Å². The summed E-state index contributed by atoms with van der Waals surface area (Å²) in [5.74, 6) is 0.525. The fourth-order valence-electron chi connectivity index (χ4n) is 2.60. The minimum absolute atomic E-state index is 0.0263. The van der Waals surface area contributed by atoms with Crippen molar-refractivity contribution in [1.82, 2.24) is 14.9 Å². The maximum absolute atomic E-state index is 12.2. The van der Waals surface area contributed by atoms with E-state index in [4.69, 9.17) is 0 Å². The van der Waals surface area contributed by atoms with Crippen molar-refractivity contribution in [3.8, 4) is 0 Å². The van der Waals surface area contributed by atoms with Crippen LogP contribution in [0.3, 0.4) is 0 Å². The molecule has 2 aromatic rings. The molecule has 0 spiro atoms. The number of aromatic nitrogens is 2. The summed E-state index contributed by atoms with van der Waals surface area (Å²) in [6, 6.07) is 3.51. The molecule has 2 heterocycles. The van der Waals surface area contributed by atoms with E-state index in [-0.39, 0.29) is 11.5 Å². The van der Waals surface area contributed by atoms with E-state index >= 15 is 0 Å². The average Bonchev–Trinajstić information content (AvgIpc) is 2.49. The quantitative estimate of drug-likeness (QED) is 0.778. The molecule has 0 fully saturated rings. The molecule has 3 rings (SSSR count). The molecule has 1 aliphatic heterocycles. The second-order valence-corrected chi connectivity index (χ2v) is 5.49. The SMILES string of the molecule is Cc1nc2cc3c(cc2c(=O)[nH]1)C(C)(C)N(C)C3=O. The molecular weight excluding hydrogens is 242 g/mol. The van der Waals surface area contributed by atoms with E-state index < -0.39 is 5.54 Å². The van der Waals surface area contributed by atoms with Crippen molar-refractivity contribution >= 4 is 16.8 Å². The molecule has 5 heteroatoms. The van der Waals surface area contributed by atoms with Crippen LogP contribution >= 0.6 is 0 Å². The van der Waals surface area contributed by atoms with Crippen molar-refractivity contribution in [3.63, 3.8) is 0 Å². The lowest BCUT2D eigenvalue weighted by atomic mass is 9.92. The van der Waals surface area contributed by atoms with Crippen LogP contribution in [0, 0.1) is 6.92 Å². The van der Waals surface area contributed by atoms with Gasteiger partial charge in [-0.25, -0.2) is 4.98 Å². The van der Waals surface area contributed by atoms with E-state index in [2.05, 4.69) is 9.97 Å². The summed E-state index contributed by atoms with van der Waals surface area (Å²) in [5.41, 5.74) is 1.52. The number of H-pyrrole nitrogens is 1. The molecule has 0 saturated carbocycles. The first-order valence-electron chi connectivity index (χ1n) is 6.15. The number of aromatic amines is 1. The summed E-state index contributed by atoms with van der Waals surface area (Å²) < 4.78 is 0. The Morgan fingerprint density at radius 2 is 1.95 bits per heavy atom. The molecule has 1 aromatic carbocycles. The molecule has 1 aliphatic rings. The Morgan fingerprint density at radius 1 is 1.26 bits per heavy atom. The van der Waals surface area contributed by atoms with Crippen LogP contribution in [-0.4, -0.2) is 27.8 Å². The lowest BCUT2D eigenvalue weighted by molar-refractivity contribution is 0.0691. The minimum atomic E-state index is -0.405. The first kappa shape index (κ1) is 11.9. The Labute approximate surface area is 110 Å². The third-order valence-electron chi connectivity index (χ3n) is 4.00. The van der Waals surface area contributed by atoms with Gasteiger partial charge in [0.15, 0.2) is 0 Å². The van der Waals surface area contributed by atoms with Crippen LogP contribution < -0.4 is 5.56 Å². The summed E-state index contributed by atoms with van der Waals surface area (Å²) in [6.07, 6.45) is 0. The van der Waals surface area contributed by atoms with E-state index in [1.165, 1.54) is 0 Å². The first-order valence-corrected chi connectivity index (χ1v) is 6.15. The van der Waals surface area contributed by atoms with Crippen LogP contribution in [0.15, 0.2) is 16.9 Å². The third kappa shape index (κ3) is 1.44. The van der Waals surface area contributed by atoms with Crippen molar-refractivity contribution in [2.75, 3.05) is 7.05 Å². The van der Waals surface area contributed by atoms with E-state index in [1.54, 1.807) is 31.0 Å². The molecule has 0 unspecified atom stereocenters. The molecule has 0 atom stereocenters. The fraction of sp³-hybridized carbons (Fsp3) is 0.357. The second kappa shape index (κ2) is 3.44.